The molecule has 0 saturated heterocycles. The summed E-state index contributed by atoms with van der Waals surface area (Å²) >= 11 is 0. The molecule has 2 rings (SSSR count). The van der Waals surface area contributed by atoms with Crippen molar-refractivity contribution < 1.29 is 24.0 Å². The van der Waals surface area contributed by atoms with Gasteiger partial charge in [-0.15, -0.1) is 0 Å². The number of ether oxygens (including phenoxy) is 2. The van der Waals surface area contributed by atoms with Crippen molar-refractivity contribution >= 4 is 11.9 Å². The number of hydrogen-bond acceptors (Lipinski definition) is 4. The van der Waals surface area contributed by atoms with Crippen LogP contribution in [0.1, 0.15) is 17.2 Å². The standard InChI is InChI=1S/C21H27N3O4/c1-22-21(26)23-20(25)19(16-8-6-5-7-9-16)24(2)13-12-15-10-11-17(27-3)18(14-15)28-4/h5-11,14,19H,12-13H2,1-4H3,(H2,22,23,25,26)/p+1/t19-/m0/s1. The minimum Gasteiger partial charge on any atom is -0.493 e. The zero-order chi connectivity index (χ0) is 20.5. The fourth-order valence-electron chi connectivity index (χ4n) is 3.07. The summed E-state index contributed by atoms with van der Waals surface area (Å²) in [6, 6.07) is 14.2. The maximum Gasteiger partial charge on any atom is 0.321 e. The number of amides is 3. The Morgan fingerprint density at radius 3 is 2.32 bits per heavy atom. The average Bonchev–Trinajstić information content (AvgIpc) is 2.72. The third kappa shape index (κ3) is 5.47. The molecular weight excluding hydrogens is 358 g/mol. The molecule has 3 N–H and O–H groups in total. The van der Waals surface area contributed by atoms with Gasteiger partial charge >= 0.3 is 6.03 Å². The molecule has 28 heavy (non-hydrogen) atoms. The summed E-state index contributed by atoms with van der Waals surface area (Å²) < 4.78 is 10.6. The number of likely N-dealkylation sites (N-methyl/N-ethyl adjacent to an activating group) is 1. The van der Waals surface area contributed by atoms with Crippen LogP contribution in [-0.2, 0) is 11.2 Å². The number of quaternary nitrogens is 1. The van der Waals surface area contributed by atoms with Crippen LogP contribution in [0.5, 0.6) is 11.5 Å². The van der Waals surface area contributed by atoms with Crippen molar-refractivity contribution in [3.8, 4) is 11.5 Å². The molecule has 0 aliphatic carbocycles. The van der Waals surface area contributed by atoms with E-state index in [1.807, 2.05) is 55.6 Å². The van der Waals surface area contributed by atoms with Gasteiger partial charge in [0.15, 0.2) is 17.5 Å². The summed E-state index contributed by atoms with van der Waals surface area (Å²) in [5.74, 6) is 1.02. The highest BCUT2D eigenvalue weighted by molar-refractivity contribution is 5.96. The molecule has 2 aromatic carbocycles. The highest BCUT2D eigenvalue weighted by Crippen LogP contribution is 2.27. The van der Waals surface area contributed by atoms with Crippen LogP contribution in [-0.4, -0.2) is 46.8 Å². The van der Waals surface area contributed by atoms with Crippen LogP contribution in [0.15, 0.2) is 48.5 Å². The van der Waals surface area contributed by atoms with Gasteiger partial charge in [-0.1, -0.05) is 36.4 Å². The Kier molecular flexibility index (Phi) is 7.83. The summed E-state index contributed by atoms with van der Waals surface area (Å²) in [6.45, 7) is 0.691. The molecular formula is C21H28N3O4+. The zero-order valence-corrected chi connectivity index (χ0v) is 16.7. The summed E-state index contributed by atoms with van der Waals surface area (Å²) in [5.41, 5.74) is 1.93. The maximum atomic E-state index is 12.7. The van der Waals surface area contributed by atoms with Crippen LogP contribution < -0.4 is 25.0 Å². The fourth-order valence-corrected chi connectivity index (χ4v) is 3.07. The minimum atomic E-state index is -0.515. The fraction of sp³-hybridized carbons (Fsp3) is 0.333. The summed E-state index contributed by atoms with van der Waals surface area (Å²) in [6.07, 6.45) is 0.739. The van der Waals surface area contributed by atoms with Crippen LogP contribution >= 0.6 is 0 Å². The Hall–Kier alpha value is -3.06. The van der Waals surface area contributed by atoms with E-state index in [4.69, 9.17) is 9.47 Å². The van der Waals surface area contributed by atoms with E-state index in [0.29, 0.717) is 18.0 Å². The summed E-state index contributed by atoms with van der Waals surface area (Å²) in [5, 5.41) is 4.81. The maximum absolute atomic E-state index is 12.7. The van der Waals surface area contributed by atoms with Crippen LogP contribution in [0.2, 0.25) is 0 Å². The van der Waals surface area contributed by atoms with Crippen molar-refractivity contribution in [3.05, 3.63) is 59.7 Å². The number of urea groups is 1. The van der Waals surface area contributed by atoms with E-state index in [1.165, 1.54) is 7.05 Å². The molecule has 0 aromatic heterocycles. The zero-order valence-electron chi connectivity index (χ0n) is 16.7. The molecule has 7 nitrogen and oxygen atoms in total. The second-order valence-electron chi connectivity index (χ2n) is 6.45. The van der Waals surface area contributed by atoms with Crippen molar-refractivity contribution in [3.63, 3.8) is 0 Å². The monoisotopic (exact) mass is 386 g/mol. The quantitative estimate of drug-likeness (QED) is 0.631. The summed E-state index contributed by atoms with van der Waals surface area (Å²) in [4.78, 5) is 25.3. The van der Waals surface area contributed by atoms with Gasteiger partial charge in [0, 0.05) is 19.0 Å². The van der Waals surface area contributed by atoms with Gasteiger partial charge in [-0.2, -0.15) is 0 Å². The first-order chi connectivity index (χ1) is 13.5. The average molecular weight is 386 g/mol. The first kappa shape index (κ1) is 21.2. The Labute approximate surface area is 165 Å². The highest BCUT2D eigenvalue weighted by atomic mass is 16.5. The van der Waals surface area contributed by atoms with E-state index in [1.54, 1.807) is 14.2 Å². The second-order valence-corrected chi connectivity index (χ2v) is 6.45. The van der Waals surface area contributed by atoms with Gasteiger partial charge in [0.2, 0.25) is 0 Å². The van der Waals surface area contributed by atoms with Crippen molar-refractivity contribution in [1.29, 1.82) is 0 Å². The van der Waals surface area contributed by atoms with Gasteiger partial charge in [0.05, 0.1) is 27.8 Å². The molecule has 0 spiro atoms. The van der Waals surface area contributed by atoms with Crippen LogP contribution in [0.4, 0.5) is 4.79 Å². The molecule has 0 radical (unpaired) electrons. The SMILES string of the molecule is CNC(=O)NC(=O)[C@H](c1ccccc1)[NH+](C)CCc1ccc(OC)c(OC)c1. The first-order valence-electron chi connectivity index (χ1n) is 9.10. The molecule has 0 aliphatic heterocycles. The van der Waals surface area contributed by atoms with Gasteiger partial charge in [-0.25, -0.2) is 4.79 Å². The van der Waals surface area contributed by atoms with Gasteiger partial charge in [0.1, 0.15) is 0 Å². The van der Waals surface area contributed by atoms with Gasteiger partial charge in [-0.05, 0) is 17.7 Å². The van der Waals surface area contributed by atoms with Gasteiger partial charge in [0.25, 0.3) is 5.91 Å². The number of imide groups is 1. The number of rotatable bonds is 8. The van der Waals surface area contributed by atoms with E-state index in [-0.39, 0.29) is 5.91 Å². The summed E-state index contributed by atoms with van der Waals surface area (Å²) in [7, 11) is 6.63. The lowest BCUT2D eigenvalue weighted by Crippen LogP contribution is -3.11. The number of hydrogen-bond donors (Lipinski definition) is 3. The molecule has 0 fully saturated rings. The lowest BCUT2D eigenvalue weighted by atomic mass is 10.0. The molecule has 0 heterocycles. The first-order valence-corrected chi connectivity index (χ1v) is 9.10. The van der Waals surface area contributed by atoms with E-state index in [9.17, 15) is 9.59 Å². The van der Waals surface area contributed by atoms with E-state index >= 15 is 0 Å². The highest BCUT2D eigenvalue weighted by Gasteiger charge is 2.30. The van der Waals surface area contributed by atoms with Crippen molar-refractivity contribution in [1.82, 2.24) is 10.6 Å². The van der Waals surface area contributed by atoms with E-state index in [2.05, 4.69) is 10.6 Å². The van der Waals surface area contributed by atoms with Crippen LogP contribution in [0.3, 0.4) is 0 Å². The van der Waals surface area contributed by atoms with Crippen molar-refractivity contribution in [2.75, 3.05) is 34.9 Å². The minimum absolute atomic E-state index is 0.338. The largest absolute Gasteiger partial charge is 0.493 e. The van der Waals surface area contributed by atoms with Crippen LogP contribution in [0.25, 0.3) is 0 Å². The smallest absolute Gasteiger partial charge is 0.321 e. The molecule has 150 valence electrons. The lowest BCUT2D eigenvalue weighted by molar-refractivity contribution is -0.902. The molecule has 0 aliphatic rings. The third-order valence-electron chi connectivity index (χ3n) is 4.61. The molecule has 0 bridgehead atoms. The Morgan fingerprint density at radius 2 is 1.71 bits per heavy atom. The Bertz CT molecular complexity index is 795. The molecule has 2 aromatic rings. The molecule has 7 heteroatoms. The molecule has 3 amide bonds. The third-order valence-corrected chi connectivity index (χ3v) is 4.61. The number of benzene rings is 2. The van der Waals surface area contributed by atoms with E-state index < -0.39 is 12.1 Å². The Morgan fingerprint density at radius 1 is 1.04 bits per heavy atom. The van der Waals surface area contributed by atoms with Crippen molar-refractivity contribution in [2.45, 2.75) is 12.5 Å². The lowest BCUT2D eigenvalue weighted by Gasteiger charge is -2.24. The number of nitrogens with one attached hydrogen (secondary N) is 3. The molecule has 1 unspecified atom stereocenters. The predicted molar refractivity (Wildman–Crippen MR) is 107 cm³/mol. The van der Waals surface area contributed by atoms with Crippen LogP contribution in [0, 0.1) is 0 Å². The predicted octanol–water partition coefficient (Wildman–Crippen LogP) is 0.958. The van der Waals surface area contributed by atoms with Gasteiger partial charge in [-0.3, -0.25) is 10.1 Å². The second kappa shape index (κ2) is 10.3. The molecule has 0 saturated carbocycles. The number of carbonyl (C=O) groups is 2. The normalized spacial score (nSPS) is 12.6. The Balaban J connectivity index is 2.15. The number of methoxy groups -OCH3 is 2. The van der Waals surface area contributed by atoms with Crippen molar-refractivity contribution in [2.24, 2.45) is 0 Å². The van der Waals surface area contributed by atoms with E-state index in [0.717, 1.165) is 22.4 Å². The van der Waals surface area contributed by atoms with Gasteiger partial charge < -0.3 is 19.7 Å². The number of carbonyl (C=O) groups excluding carboxylic acids is 2. The topological polar surface area (TPSA) is 81.1 Å². The molecule has 2 atom stereocenters.